The second kappa shape index (κ2) is 7.92. The van der Waals surface area contributed by atoms with Crippen LogP contribution < -0.4 is 10.2 Å². The van der Waals surface area contributed by atoms with Crippen molar-refractivity contribution in [2.75, 3.05) is 42.9 Å². The van der Waals surface area contributed by atoms with E-state index in [1.54, 1.807) is 17.0 Å². The van der Waals surface area contributed by atoms with Crippen LogP contribution in [0.15, 0.2) is 30.3 Å². The Morgan fingerprint density at radius 2 is 1.88 bits per heavy atom. The van der Waals surface area contributed by atoms with Crippen LogP contribution in [0.2, 0.25) is 0 Å². The fraction of sp³-hybridized carbons (Fsp3) is 0.389. The van der Waals surface area contributed by atoms with E-state index in [2.05, 4.69) is 20.2 Å². The van der Waals surface area contributed by atoms with Crippen molar-refractivity contribution in [2.24, 2.45) is 0 Å². The van der Waals surface area contributed by atoms with Crippen molar-refractivity contribution in [1.82, 2.24) is 14.9 Å². The molecule has 2 heterocycles. The van der Waals surface area contributed by atoms with Crippen molar-refractivity contribution in [3.05, 3.63) is 47.4 Å². The molecule has 1 N–H and O–H groups in total. The molecule has 1 fully saturated rings. The van der Waals surface area contributed by atoms with E-state index in [0.29, 0.717) is 25.6 Å². The minimum atomic E-state index is -0.224. The van der Waals surface area contributed by atoms with Gasteiger partial charge in [0.2, 0.25) is 12.4 Å². The molecule has 7 heteroatoms. The van der Waals surface area contributed by atoms with Crippen LogP contribution in [-0.4, -0.2) is 54.0 Å². The van der Waals surface area contributed by atoms with E-state index < -0.39 is 0 Å². The molecule has 0 bridgehead atoms. The SMILES string of the molecule is Cc1cc(N2CCN(C=O)CC2)nc(NCCc2ccc(F)cc2)n1. The third-order valence-electron chi connectivity index (χ3n) is 4.24. The molecule has 1 aliphatic rings. The highest BCUT2D eigenvalue weighted by atomic mass is 19.1. The van der Waals surface area contributed by atoms with Crippen molar-refractivity contribution in [1.29, 1.82) is 0 Å². The number of carbonyl (C=O) groups is 1. The van der Waals surface area contributed by atoms with Gasteiger partial charge < -0.3 is 15.1 Å². The number of aromatic nitrogens is 2. The zero-order valence-corrected chi connectivity index (χ0v) is 14.3. The quantitative estimate of drug-likeness (QED) is 0.811. The number of hydrogen-bond donors (Lipinski definition) is 1. The molecule has 1 aromatic heterocycles. The van der Waals surface area contributed by atoms with Crippen LogP contribution >= 0.6 is 0 Å². The van der Waals surface area contributed by atoms with Gasteiger partial charge >= 0.3 is 0 Å². The molecule has 1 aliphatic heterocycles. The molecule has 0 aliphatic carbocycles. The summed E-state index contributed by atoms with van der Waals surface area (Å²) in [5.41, 5.74) is 1.96. The Hall–Kier alpha value is -2.70. The largest absolute Gasteiger partial charge is 0.354 e. The summed E-state index contributed by atoms with van der Waals surface area (Å²) in [5.74, 6) is 1.25. The summed E-state index contributed by atoms with van der Waals surface area (Å²) < 4.78 is 12.9. The number of halogens is 1. The minimum absolute atomic E-state index is 0.224. The summed E-state index contributed by atoms with van der Waals surface area (Å²) in [6.45, 7) is 5.57. The molecule has 132 valence electrons. The predicted molar refractivity (Wildman–Crippen MR) is 95.2 cm³/mol. The van der Waals surface area contributed by atoms with Crippen LogP contribution in [0.3, 0.4) is 0 Å². The molecule has 0 saturated carbocycles. The van der Waals surface area contributed by atoms with E-state index in [-0.39, 0.29) is 5.82 Å². The minimum Gasteiger partial charge on any atom is -0.354 e. The number of nitrogens with zero attached hydrogens (tertiary/aromatic N) is 4. The molecule has 1 aromatic carbocycles. The molecule has 25 heavy (non-hydrogen) atoms. The van der Waals surface area contributed by atoms with Gasteiger partial charge in [-0.2, -0.15) is 4.98 Å². The van der Waals surface area contributed by atoms with Gasteiger partial charge in [-0.05, 0) is 31.0 Å². The predicted octanol–water partition coefficient (Wildman–Crippen LogP) is 1.86. The number of piperazine rings is 1. The van der Waals surface area contributed by atoms with Crippen LogP contribution in [0, 0.1) is 12.7 Å². The Morgan fingerprint density at radius 3 is 2.56 bits per heavy atom. The fourth-order valence-electron chi connectivity index (χ4n) is 2.82. The maximum atomic E-state index is 12.9. The van der Waals surface area contributed by atoms with Crippen molar-refractivity contribution in [3.8, 4) is 0 Å². The van der Waals surface area contributed by atoms with Crippen LogP contribution in [0.5, 0.6) is 0 Å². The number of aryl methyl sites for hydroxylation is 1. The van der Waals surface area contributed by atoms with E-state index in [1.807, 2.05) is 13.0 Å². The van der Waals surface area contributed by atoms with Gasteiger partial charge in [-0.15, -0.1) is 0 Å². The molecule has 1 saturated heterocycles. The summed E-state index contributed by atoms with van der Waals surface area (Å²) in [4.78, 5) is 23.8. The Bertz CT molecular complexity index is 714. The van der Waals surface area contributed by atoms with Crippen molar-refractivity contribution in [2.45, 2.75) is 13.3 Å². The number of benzene rings is 1. The highest BCUT2D eigenvalue weighted by Gasteiger charge is 2.17. The standard InChI is InChI=1S/C18H22FN5O/c1-14-12-17(24-10-8-23(13-25)9-11-24)22-18(21-14)20-7-6-15-2-4-16(19)5-3-15/h2-5,12-13H,6-11H2,1H3,(H,20,21,22). The Labute approximate surface area is 146 Å². The van der Waals surface area contributed by atoms with Gasteiger partial charge in [-0.3, -0.25) is 4.79 Å². The Balaban J connectivity index is 1.59. The van der Waals surface area contributed by atoms with Crippen LogP contribution in [0.1, 0.15) is 11.3 Å². The average Bonchev–Trinajstić information content (AvgIpc) is 2.63. The maximum Gasteiger partial charge on any atom is 0.224 e. The molecule has 0 spiro atoms. The number of amides is 1. The fourth-order valence-corrected chi connectivity index (χ4v) is 2.82. The zero-order valence-electron chi connectivity index (χ0n) is 14.3. The summed E-state index contributed by atoms with van der Waals surface area (Å²) in [6, 6.07) is 8.46. The van der Waals surface area contributed by atoms with E-state index >= 15 is 0 Å². The first-order valence-corrected chi connectivity index (χ1v) is 8.42. The first-order valence-electron chi connectivity index (χ1n) is 8.42. The number of nitrogens with one attached hydrogen (secondary N) is 1. The highest BCUT2D eigenvalue weighted by molar-refractivity contribution is 5.50. The highest BCUT2D eigenvalue weighted by Crippen LogP contribution is 2.16. The molecule has 0 unspecified atom stereocenters. The summed E-state index contributed by atoms with van der Waals surface area (Å²) in [6.07, 6.45) is 1.66. The van der Waals surface area contributed by atoms with Gasteiger partial charge in [0.05, 0.1) is 0 Å². The van der Waals surface area contributed by atoms with E-state index in [0.717, 1.165) is 43.0 Å². The third-order valence-corrected chi connectivity index (χ3v) is 4.24. The zero-order chi connectivity index (χ0) is 17.6. The summed E-state index contributed by atoms with van der Waals surface area (Å²) in [7, 11) is 0. The molecule has 6 nitrogen and oxygen atoms in total. The molecular formula is C18H22FN5O. The van der Waals surface area contributed by atoms with Gasteiger partial charge in [0.25, 0.3) is 0 Å². The number of anilines is 2. The molecular weight excluding hydrogens is 321 g/mol. The molecule has 0 atom stereocenters. The van der Waals surface area contributed by atoms with Crippen molar-refractivity contribution in [3.63, 3.8) is 0 Å². The number of rotatable bonds is 6. The molecule has 2 aromatic rings. The van der Waals surface area contributed by atoms with Crippen LogP contribution in [0.4, 0.5) is 16.2 Å². The Morgan fingerprint density at radius 1 is 1.16 bits per heavy atom. The van der Waals surface area contributed by atoms with Crippen LogP contribution in [0.25, 0.3) is 0 Å². The lowest BCUT2D eigenvalue weighted by atomic mass is 10.1. The summed E-state index contributed by atoms with van der Waals surface area (Å²) in [5, 5.41) is 3.24. The molecule has 3 rings (SSSR count). The Kier molecular flexibility index (Phi) is 5.42. The number of carbonyl (C=O) groups excluding carboxylic acids is 1. The van der Waals surface area contributed by atoms with Crippen molar-refractivity contribution < 1.29 is 9.18 Å². The van der Waals surface area contributed by atoms with Crippen LogP contribution in [-0.2, 0) is 11.2 Å². The van der Waals surface area contributed by atoms with Gasteiger partial charge in [0.1, 0.15) is 11.6 Å². The third kappa shape index (κ3) is 4.65. The van der Waals surface area contributed by atoms with Gasteiger partial charge in [0, 0.05) is 44.5 Å². The van der Waals surface area contributed by atoms with Gasteiger partial charge in [0.15, 0.2) is 0 Å². The van der Waals surface area contributed by atoms with E-state index in [4.69, 9.17) is 0 Å². The van der Waals surface area contributed by atoms with E-state index in [9.17, 15) is 9.18 Å². The van der Waals surface area contributed by atoms with Gasteiger partial charge in [-0.25, -0.2) is 9.37 Å². The number of hydrogen-bond acceptors (Lipinski definition) is 5. The smallest absolute Gasteiger partial charge is 0.224 e. The van der Waals surface area contributed by atoms with Gasteiger partial charge in [-0.1, -0.05) is 12.1 Å². The molecule has 0 radical (unpaired) electrons. The van der Waals surface area contributed by atoms with E-state index in [1.165, 1.54) is 12.1 Å². The second-order valence-electron chi connectivity index (χ2n) is 6.12. The first-order chi connectivity index (χ1) is 12.1. The molecule has 1 amide bonds. The lowest BCUT2D eigenvalue weighted by Crippen LogP contribution is -2.46. The second-order valence-corrected chi connectivity index (χ2v) is 6.12. The maximum absolute atomic E-state index is 12.9. The first kappa shape index (κ1) is 17.1. The summed E-state index contributed by atoms with van der Waals surface area (Å²) >= 11 is 0. The normalized spacial score (nSPS) is 14.5. The topological polar surface area (TPSA) is 61.4 Å². The lowest BCUT2D eigenvalue weighted by Gasteiger charge is -2.33. The lowest BCUT2D eigenvalue weighted by molar-refractivity contribution is -0.118. The monoisotopic (exact) mass is 343 g/mol. The van der Waals surface area contributed by atoms with Crippen molar-refractivity contribution >= 4 is 18.2 Å². The average molecular weight is 343 g/mol.